The van der Waals surface area contributed by atoms with Crippen molar-refractivity contribution in [3.8, 4) is 11.5 Å². The van der Waals surface area contributed by atoms with Crippen LogP contribution in [-0.4, -0.2) is 26.0 Å². The normalized spacial score (nSPS) is 10.2. The number of halogens is 1. The molecule has 0 heterocycles. The fourth-order valence-electron chi connectivity index (χ4n) is 2.62. The Kier molecular flexibility index (Phi) is 6.36. The molecule has 3 aromatic rings. The molecule has 7 heteroatoms. The Morgan fingerprint density at radius 2 is 1.38 bits per heavy atom. The first-order chi connectivity index (χ1) is 14.0. The zero-order valence-electron chi connectivity index (χ0n) is 15.9. The molecule has 0 aliphatic rings. The predicted octanol–water partition coefficient (Wildman–Crippen LogP) is 4.86. The third-order valence-corrected chi connectivity index (χ3v) is 4.45. The van der Waals surface area contributed by atoms with Gasteiger partial charge in [0.2, 0.25) is 0 Å². The first-order valence-corrected chi connectivity index (χ1v) is 9.08. The summed E-state index contributed by atoms with van der Waals surface area (Å²) in [6, 6.07) is 18.5. The van der Waals surface area contributed by atoms with Gasteiger partial charge in [0, 0.05) is 22.9 Å². The fourth-order valence-corrected chi connectivity index (χ4v) is 2.79. The molecule has 0 radical (unpaired) electrons. The molecule has 0 aliphatic heterocycles. The van der Waals surface area contributed by atoms with Gasteiger partial charge in [0.15, 0.2) is 0 Å². The molecule has 3 aromatic carbocycles. The van der Waals surface area contributed by atoms with Gasteiger partial charge in [-0.05, 0) is 42.5 Å². The number of hydrogen-bond acceptors (Lipinski definition) is 4. The maximum atomic E-state index is 12.6. The van der Waals surface area contributed by atoms with Crippen LogP contribution in [0.2, 0.25) is 5.02 Å². The highest BCUT2D eigenvalue weighted by Gasteiger charge is 2.13. The van der Waals surface area contributed by atoms with Crippen LogP contribution in [0.15, 0.2) is 66.7 Å². The minimum Gasteiger partial charge on any atom is -0.497 e. The maximum absolute atomic E-state index is 12.6. The number of carbonyl (C=O) groups is 2. The van der Waals surface area contributed by atoms with E-state index in [1.165, 1.54) is 14.2 Å². The largest absolute Gasteiger partial charge is 0.497 e. The summed E-state index contributed by atoms with van der Waals surface area (Å²) in [5.41, 5.74) is 1.73. The summed E-state index contributed by atoms with van der Waals surface area (Å²) >= 11 is 6.20. The molecule has 3 rings (SSSR count). The van der Waals surface area contributed by atoms with Gasteiger partial charge in [0.25, 0.3) is 11.8 Å². The van der Waals surface area contributed by atoms with Crippen molar-refractivity contribution < 1.29 is 19.1 Å². The van der Waals surface area contributed by atoms with E-state index in [0.29, 0.717) is 39.0 Å². The Labute approximate surface area is 173 Å². The van der Waals surface area contributed by atoms with E-state index in [0.717, 1.165) is 0 Å². The van der Waals surface area contributed by atoms with Crippen molar-refractivity contribution in [2.45, 2.75) is 0 Å². The van der Waals surface area contributed by atoms with Gasteiger partial charge >= 0.3 is 0 Å². The van der Waals surface area contributed by atoms with E-state index in [2.05, 4.69) is 10.6 Å². The molecule has 0 unspecified atom stereocenters. The monoisotopic (exact) mass is 410 g/mol. The number of nitrogens with one attached hydrogen (secondary N) is 2. The van der Waals surface area contributed by atoms with Crippen molar-refractivity contribution >= 4 is 34.8 Å². The molecule has 2 amide bonds. The summed E-state index contributed by atoms with van der Waals surface area (Å²) in [5.74, 6) is 0.348. The number of benzene rings is 3. The zero-order valence-corrected chi connectivity index (χ0v) is 16.6. The molecule has 6 nitrogen and oxygen atoms in total. The summed E-state index contributed by atoms with van der Waals surface area (Å²) in [7, 11) is 3.02. The van der Waals surface area contributed by atoms with Gasteiger partial charge in [0.05, 0.1) is 24.9 Å². The van der Waals surface area contributed by atoms with E-state index < -0.39 is 0 Å². The van der Waals surface area contributed by atoms with Crippen LogP contribution in [0.3, 0.4) is 0 Å². The van der Waals surface area contributed by atoms with Crippen LogP contribution in [0.1, 0.15) is 20.7 Å². The van der Waals surface area contributed by atoms with E-state index in [9.17, 15) is 9.59 Å². The summed E-state index contributed by atoms with van der Waals surface area (Å²) in [6.07, 6.45) is 0. The second kappa shape index (κ2) is 9.12. The third-order valence-electron chi connectivity index (χ3n) is 4.12. The van der Waals surface area contributed by atoms with Crippen molar-refractivity contribution in [1.29, 1.82) is 0 Å². The van der Waals surface area contributed by atoms with E-state index in [1.54, 1.807) is 60.7 Å². The standard InChI is InChI=1S/C22H19ClN2O4/c1-28-17-10-15(11-18(13-17)29-2)22(27)24-16-8-9-19(23)20(12-16)25-21(26)14-6-4-3-5-7-14/h3-13H,1-2H3,(H,24,27)(H,25,26). The lowest BCUT2D eigenvalue weighted by Crippen LogP contribution is -2.14. The van der Waals surface area contributed by atoms with Gasteiger partial charge in [-0.25, -0.2) is 0 Å². The maximum Gasteiger partial charge on any atom is 0.255 e. The molecule has 0 atom stereocenters. The van der Waals surface area contributed by atoms with Crippen LogP contribution in [0.5, 0.6) is 11.5 Å². The molecule has 0 bridgehead atoms. The van der Waals surface area contributed by atoms with Gasteiger partial charge in [-0.2, -0.15) is 0 Å². The molecule has 0 saturated heterocycles. The predicted molar refractivity (Wildman–Crippen MR) is 113 cm³/mol. The van der Waals surface area contributed by atoms with Crippen LogP contribution in [-0.2, 0) is 0 Å². The smallest absolute Gasteiger partial charge is 0.255 e. The highest BCUT2D eigenvalue weighted by atomic mass is 35.5. The number of rotatable bonds is 6. The first kappa shape index (κ1) is 20.2. The Morgan fingerprint density at radius 1 is 0.759 bits per heavy atom. The van der Waals surface area contributed by atoms with Crippen molar-refractivity contribution in [2.24, 2.45) is 0 Å². The molecule has 2 N–H and O–H groups in total. The second-order valence-corrected chi connectivity index (χ2v) is 6.48. The van der Waals surface area contributed by atoms with Gasteiger partial charge in [0.1, 0.15) is 11.5 Å². The highest BCUT2D eigenvalue weighted by Crippen LogP contribution is 2.27. The molecule has 0 aliphatic carbocycles. The first-order valence-electron chi connectivity index (χ1n) is 8.70. The van der Waals surface area contributed by atoms with E-state index in [-0.39, 0.29) is 11.8 Å². The van der Waals surface area contributed by atoms with Gasteiger partial charge < -0.3 is 20.1 Å². The molecule has 29 heavy (non-hydrogen) atoms. The Hall–Kier alpha value is -3.51. The van der Waals surface area contributed by atoms with Gasteiger partial charge in [-0.3, -0.25) is 9.59 Å². The van der Waals surface area contributed by atoms with Crippen molar-refractivity contribution in [2.75, 3.05) is 24.9 Å². The lowest BCUT2D eigenvalue weighted by molar-refractivity contribution is 0.101. The quantitative estimate of drug-likeness (QED) is 0.608. The van der Waals surface area contributed by atoms with E-state index in [4.69, 9.17) is 21.1 Å². The number of carbonyl (C=O) groups excluding carboxylic acids is 2. The summed E-state index contributed by atoms with van der Waals surface area (Å²) in [5, 5.41) is 5.89. The topological polar surface area (TPSA) is 76.7 Å². The van der Waals surface area contributed by atoms with Crippen molar-refractivity contribution in [3.63, 3.8) is 0 Å². The molecule has 148 valence electrons. The number of anilines is 2. The summed E-state index contributed by atoms with van der Waals surface area (Å²) in [6.45, 7) is 0. The summed E-state index contributed by atoms with van der Waals surface area (Å²) in [4.78, 5) is 25.0. The molecule has 0 spiro atoms. The number of hydrogen-bond donors (Lipinski definition) is 2. The van der Waals surface area contributed by atoms with Crippen LogP contribution in [0, 0.1) is 0 Å². The Morgan fingerprint density at radius 3 is 2.00 bits per heavy atom. The molecular formula is C22H19ClN2O4. The summed E-state index contributed by atoms with van der Waals surface area (Å²) < 4.78 is 10.4. The minimum atomic E-state index is -0.357. The minimum absolute atomic E-state index is 0.298. The second-order valence-electron chi connectivity index (χ2n) is 6.07. The van der Waals surface area contributed by atoms with Gasteiger partial charge in [-0.15, -0.1) is 0 Å². The van der Waals surface area contributed by atoms with Crippen LogP contribution in [0.4, 0.5) is 11.4 Å². The fraction of sp³-hybridized carbons (Fsp3) is 0.0909. The molecule has 0 aromatic heterocycles. The Bertz CT molecular complexity index is 1020. The third kappa shape index (κ3) is 5.06. The van der Waals surface area contributed by atoms with Crippen molar-refractivity contribution in [1.82, 2.24) is 0 Å². The lowest BCUT2D eigenvalue weighted by atomic mass is 10.1. The van der Waals surface area contributed by atoms with Crippen LogP contribution >= 0.6 is 11.6 Å². The average molecular weight is 411 g/mol. The highest BCUT2D eigenvalue weighted by molar-refractivity contribution is 6.34. The van der Waals surface area contributed by atoms with Crippen molar-refractivity contribution in [3.05, 3.63) is 82.9 Å². The van der Waals surface area contributed by atoms with Crippen LogP contribution < -0.4 is 20.1 Å². The van der Waals surface area contributed by atoms with Gasteiger partial charge in [-0.1, -0.05) is 29.8 Å². The number of methoxy groups -OCH3 is 2. The average Bonchev–Trinajstić information content (AvgIpc) is 2.76. The van der Waals surface area contributed by atoms with Crippen LogP contribution in [0.25, 0.3) is 0 Å². The number of ether oxygens (including phenoxy) is 2. The molecule has 0 saturated carbocycles. The molecular weight excluding hydrogens is 392 g/mol. The van der Waals surface area contributed by atoms with E-state index in [1.807, 2.05) is 6.07 Å². The SMILES string of the molecule is COc1cc(OC)cc(C(=O)Nc2ccc(Cl)c(NC(=O)c3ccccc3)c2)c1. The number of amides is 2. The van der Waals surface area contributed by atoms with E-state index >= 15 is 0 Å². The Balaban J connectivity index is 1.79. The molecule has 0 fully saturated rings. The lowest BCUT2D eigenvalue weighted by Gasteiger charge is -2.12. The zero-order chi connectivity index (χ0) is 20.8.